The first kappa shape index (κ1) is 26.1. The number of furan rings is 1. The number of cyclic esters (lactones) is 1. The molecule has 1 aromatic heterocycles. The maximum absolute atomic E-state index is 13.5. The SMILES string of the molecule is Cc1cccc(C(=O)Nc2cccc(C3OC(=O)N(Cc4cccc(Cl)c4)C3C(=O)NCc3ccco3)c2)c1. The minimum Gasteiger partial charge on any atom is -0.467 e. The molecule has 9 heteroatoms. The summed E-state index contributed by atoms with van der Waals surface area (Å²) in [5.41, 5.74) is 3.33. The summed E-state index contributed by atoms with van der Waals surface area (Å²) >= 11 is 6.15. The van der Waals surface area contributed by atoms with Gasteiger partial charge in [0.1, 0.15) is 5.76 Å². The van der Waals surface area contributed by atoms with Crippen LogP contribution in [-0.4, -0.2) is 28.8 Å². The lowest BCUT2D eigenvalue weighted by atomic mass is 10.00. The smallest absolute Gasteiger partial charge is 0.411 e. The van der Waals surface area contributed by atoms with Crippen molar-refractivity contribution in [3.05, 3.63) is 124 Å². The predicted molar refractivity (Wildman–Crippen MR) is 146 cm³/mol. The maximum atomic E-state index is 13.5. The summed E-state index contributed by atoms with van der Waals surface area (Å²) in [5.74, 6) is -0.0968. The normalized spacial score (nSPS) is 16.6. The zero-order chi connectivity index (χ0) is 27.4. The molecule has 1 fully saturated rings. The van der Waals surface area contributed by atoms with Crippen LogP contribution in [0.25, 0.3) is 0 Å². The quantitative estimate of drug-likeness (QED) is 0.289. The molecule has 2 heterocycles. The molecule has 0 saturated carbocycles. The molecule has 39 heavy (non-hydrogen) atoms. The van der Waals surface area contributed by atoms with Gasteiger partial charge in [0.25, 0.3) is 5.91 Å². The molecule has 4 aromatic rings. The number of ether oxygens (including phenoxy) is 1. The Labute approximate surface area is 230 Å². The zero-order valence-corrected chi connectivity index (χ0v) is 21.9. The van der Waals surface area contributed by atoms with E-state index in [1.54, 1.807) is 66.7 Å². The summed E-state index contributed by atoms with van der Waals surface area (Å²) in [4.78, 5) is 40.8. The van der Waals surface area contributed by atoms with Crippen molar-refractivity contribution in [3.8, 4) is 0 Å². The van der Waals surface area contributed by atoms with Crippen molar-refractivity contribution in [1.29, 1.82) is 0 Å². The lowest BCUT2D eigenvalue weighted by Crippen LogP contribution is -2.46. The van der Waals surface area contributed by atoms with Crippen LogP contribution in [0.3, 0.4) is 0 Å². The predicted octanol–water partition coefficient (Wildman–Crippen LogP) is 5.87. The van der Waals surface area contributed by atoms with Crippen molar-refractivity contribution in [3.63, 3.8) is 0 Å². The highest BCUT2D eigenvalue weighted by atomic mass is 35.5. The van der Waals surface area contributed by atoms with E-state index in [1.807, 2.05) is 25.1 Å². The molecule has 8 nitrogen and oxygen atoms in total. The number of anilines is 1. The van der Waals surface area contributed by atoms with Gasteiger partial charge in [-0.15, -0.1) is 0 Å². The fourth-order valence-electron chi connectivity index (χ4n) is 4.52. The lowest BCUT2D eigenvalue weighted by molar-refractivity contribution is -0.126. The summed E-state index contributed by atoms with van der Waals surface area (Å²) in [7, 11) is 0. The Bertz CT molecular complexity index is 1500. The monoisotopic (exact) mass is 543 g/mol. The molecule has 0 bridgehead atoms. The van der Waals surface area contributed by atoms with E-state index in [2.05, 4.69) is 10.6 Å². The number of nitrogens with one attached hydrogen (secondary N) is 2. The number of halogens is 1. The van der Waals surface area contributed by atoms with Crippen LogP contribution in [0.2, 0.25) is 5.02 Å². The van der Waals surface area contributed by atoms with E-state index in [1.165, 1.54) is 11.2 Å². The molecule has 3 aromatic carbocycles. The van der Waals surface area contributed by atoms with Gasteiger partial charge < -0.3 is 19.8 Å². The average Bonchev–Trinajstić information content (AvgIpc) is 3.56. The highest BCUT2D eigenvalue weighted by molar-refractivity contribution is 6.30. The van der Waals surface area contributed by atoms with Gasteiger partial charge in [-0.3, -0.25) is 14.5 Å². The number of amides is 3. The molecular weight excluding hydrogens is 518 g/mol. The number of hydrogen-bond donors (Lipinski definition) is 2. The Hall–Kier alpha value is -4.56. The molecule has 5 rings (SSSR count). The molecule has 2 unspecified atom stereocenters. The second-order valence-electron chi connectivity index (χ2n) is 9.25. The number of benzene rings is 3. The largest absolute Gasteiger partial charge is 0.467 e. The molecule has 0 aliphatic carbocycles. The van der Waals surface area contributed by atoms with Crippen molar-refractivity contribution in [2.45, 2.75) is 32.2 Å². The van der Waals surface area contributed by atoms with Crippen LogP contribution < -0.4 is 10.6 Å². The van der Waals surface area contributed by atoms with Gasteiger partial charge in [0.15, 0.2) is 12.1 Å². The Morgan fingerprint density at radius 1 is 0.974 bits per heavy atom. The highest BCUT2D eigenvalue weighted by Gasteiger charge is 2.47. The Balaban J connectivity index is 1.41. The standard InChI is InChI=1S/C30H26ClN3O5/c1-19-6-2-9-22(14-19)28(35)33-24-11-4-8-21(16-24)27-26(29(36)32-17-25-12-5-13-38-25)34(30(37)39-27)18-20-7-3-10-23(31)15-20/h2-16,26-27H,17-18H2,1H3,(H,32,36)(H,33,35). The Morgan fingerprint density at radius 3 is 2.56 bits per heavy atom. The van der Waals surface area contributed by atoms with E-state index in [0.717, 1.165) is 11.1 Å². The number of hydrogen-bond acceptors (Lipinski definition) is 5. The van der Waals surface area contributed by atoms with Crippen molar-refractivity contribution >= 4 is 35.2 Å². The third-order valence-electron chi connectivity index (χ3n) is 6.37. The van der Waals surface area contributed by atoms with Gasteiger partial charge in [-0.1, -0.05) is 53.6 Å². The minimum atomic E-state index is -0.978. The minimum absolute atomic E-state index is 0.124. The molecule has 1 aliphatic rings. The molecule has 0 radical (unpaired) electrons. The van der Waals surface area contributed by atoms with Gasteiger partial charge in [0.2, 0.25) is 5.91 Å². The summed E-state index contributed by atoms with van der Waals surface area (Å²) in [5, 5.41) is 6.25. The first-order chi connectivity index (χ1) is 18.9. The van der Waals surface area contributed by atoms with Crippen LogP contribution >= 0.6 is 11.6 Å². The molecule has 2 atom stereocenters. The van der Waals surface area contributed by atoms with E-state index in [4.69, 9.17) is 20.8 Å². The number of aryl methyl sites for hydroxylation is 1. The number of nitrogens with zero attached hydrogens (tertiary/aromatic N) is 1. The lowest BCUT2D eigenvalue weighted by Gasteiger charge is -2.24. The van der Waals surface area contributed by atoms with Crippen LogP contribution in [0.15, 0.2) is 95.6 Å². The van der Waals surface area contributed by atoms with Crippen molar-refractivity contribution in [1.82, 2.24) is 10.2 Å². The summed E-state index contributed by atoms with van der Waals surface area (Å²) in [6, 6.07) is 23.8. The average molecular weight is 544 g/mol. The summed E-state index contributed by atoms with van der Waals surface area (Å²) in [6.07, 6.45) is -0.0227. The molecule has 1 saturated heterocycles. The van der Waals surface area contributed by atoms with Gasteiger partial charge >= 0.3 is 6.09 Å². The van der Waals surface area contributed by atoms with Gasteiger partial charge in [0, 0.05) is 16.3 Å². The zero-order valence-electron chi connectivity index (χ0n) is 21.1. The van der Waals surface area contributed by atoms with E-state index in [0.29, 0.717) is 27.6 Å². The van der Waals surface area contributed by atoms with E-state index < -0.39 is 24.1 Å². The molecule has 0 spiro atoms. The molecule has 2 N–H and O–H groups in total. The second kappa shape index (κ2) is 11.4. The van der Waals surface area contributed by atoms with Crippen LogP contribution in [0.5, 0.6) is 0 Å². The van der Waals surface area contributed by atoms with Crippen molar-refractivity contribution in [2.75, 3.05) is 5.32 Å². The van der Waals surface area contributed by atoms with Crippen molar-refractivity contribution < 1.29 is 23.5 Å². The van der Waals surface area contributed by atoms with Crippen molar-refractivity contribution in [2.24, 2.45) is 0 Å². The van der Waals surface area contributed by atoms with Crippen LogP contribution in [0, 0.1) is 6.92 Å². The number of rotatable bonds is 8. The van der Waals surface area contributed by atoms with Crippen LogP contribution in [-0.2, 0) is 22.6 Å². The maximum Gasteiger partial charge on any atom is 0.411 e. The van der Waals surface area contributed by atoms with Crippen LogP contribution in [0.4, 0.5) is 10.5 Å². The number of carbonyl (C=O) groups excluding carboxylic acids is 3. The fourth-order valence-corrected chi connectivity index (χ4v) is 4.73. The first-order valence-electron chi connectivity index (χ1n) is 12.4. The first-order valence-corrected chi connectivity index (χ1v) is 12.7. The fraction of sp³-hybridized carbons (Fsp3) is 0.167. The summed E-state index contributed by atoms with van der Waals surface area (Å²) < 4.78 is 11.1. The molecule has 3 amide bonds. The van der Waals surface area contributed by atoms with E-state index >= 15 is 0 Å². The third kappa shape index (κ3) is 6.13. The van der Waals surface area contributed by atoms with Crippen LogP contribution in [0.1, 0.15) is 38.9 Å². The highest BCUT2D eigenvalue weighted by Crippen LogP contribution is 2.35. The molecule has 1 aliphatic heterocycles. The van der Waals surface area contributed by atoms with Gasteiger partial charge in [0.05, 0.1) is 19.4 Å². The Morgan fingerprint density at radius 2 is 1.79 bits per heavy atom. The third-order valence-corrected chi connectivity index (χ3v) is 6.60. The molecule has 198 valence electrons. The summed E-state index contributed by atoms with van der Waals surface area (Å²) in [6.45, 7) is 2.19. The second-order valence-corrected chi connectivity index (χ2v) is 9.69. The van der Waals surface area contributed by atoms with Gasteiger partial charge in [-0.2, -0.15) is 0 Å². The van der Waals surface area contributed by atoms with Gasteiger partial charge in [-0.05, 0) is 66.6 Å². The molecular formula is C30H26ClN3O5. The Kier molecular flexibility index (Phi) is 7.65. The van der Waals surface area contributed by atoms with E-state index in [-0.39, 0.29) is 19.0 Å². The van der Waals surface area contributed by atoms with Gasteiger partial charge in [-0.25, -0.2) is 4.79 Å². The topological polar surface area (TPSA) is 101 Å². The van der Waals surface area contributed by atoms with E-state index in [9.17, 15) is 14.4 Å². The number of carbonyl (C=O) groups is 3.